The number of ketones is 3. The maximum Gasteiger partial charge on any atom is 0.339 e. The van der Waals surface area contributed by atoms with Crippen molar-refractivity contribution < 1.29 is 29.0 Å². The molecule has 0 aliphatic carbocycles. The molecule has 174 valence electrons. The number of carbonyl (C=O) groups excluding carboxylic acids is 4. The average Bonchev–Trinajstić information content (AvgIpc) is 3.20. The lowest BCUT2D eigenvalue weighted by Crippen LogP contribution is -2.18. The summed E-state index contributed by atoms with van der Waals surface area (Å²) in [5.74, 6) is -2.87. The number of aliphatic hydroxyl groups is 1. The van der Waals surface area contributed by atoms with E-state index in [1.165, 1.54) is 13.0 Å². The molecule has 0 unspecified atom stereocenters. The molecule has 1 aliphatic rings. The van der Waals surface area contributed by atoms with Gasteiger partial charge in [0, 0.05) is 17.5 Å². The Bertz CT molecular complexity index is 1360. The molecule has 6 nitrogen and oxygen atoms in total. The maximum absolute atomic E-state index is 13.3. The number of esters is 1. The van der Waals surface area contributed by atoms with Gasteiger partial charge in [-0.1, -0.05) is 78.9 Å². The molecule has 1 aliphatic heterocycles. The molecule has 3 aromatic rings. The molecular weight excluding hydrogens is 444 g/mol. The molecule has 4 rings (SSSR count). The number of hydrogen-bond donors (Lipinski definition) is 1. The van der Waals surface area contributed by atoms with Crippen LogP contribution in [0.3, 0.4) is 0 Å². The van der Waals surface area contributed by atoms with Crippen LogP contribution in [0.4, 0.5) is 0 Å². The van der Waals surface area contributed by atoms with Crippen LogP contribution < -0.4 is 0 Å². The highest BCUT2D eigenvalue weighted by Gasteiger charge is 2.38. The molecule has 1 N–H and O–H groups in total. The lowest BCUT2D eigenvalue weighted by atomic mass is 9.93. The summed E-state index contributed by atoms with van der Waals surface area (Å²) in [5, 5.41) is 11.0. The first-order valence-electron chi connectivity index (χ1n) is 11.0. The summed E-state index contributed by atoms with van der Waals surface area (Å²) in [7, 11) is 0. The summed E-state index contributed by atoms with van der Waals surface area (Å²) < 4.78 is 5.43. The second-order valence-corrected chi connectivity index (χ2v) is 8.10. The Kier molecular flexibility index (Phi) is 6.83. The molecule has 0 aromatic heterocycles. The number of carbonyl (C=O) groups is 4. The van der Waals surface area contributed by atoms with E-state index in [1.54, 1.807) is 66.7 Å². The third-order valence-corrected chi connectivity index (χ3v) is 5.69. The normalized spacial score (nSPS) is 15.3. The fraction of sp³-hybridized carbons (Fsp3) is 0.103. The molecule has 3 aromatic carbocycles. The Hall–Kier alpha value is -4.58. The monoisotopic (exact) mass is 466 g/mol. The first-order chi connectivity index (χ1) is 16.8. The Morgan fingerprint density at radius 1 is 0.914 bits per heavy atom. The standard InChI is InChI=1S/C29H22O6/c1-18(30)21-14-11-20(12-15-21)17-25(32)27(33)26(24(31)16-13-19-7-3-2-4-8-19)28-22-9-5-6-10-23(22)29(34)35-28/h2-16,28,33H,17H2,1H3/b16-13-,27-26-/t28-/m1/s1. The van der Waals surface area contributed by atoms with E-state index in [2.05, 4.69) is 0 Å². The van der Waals surface area contributed by atoms with Crippen LogP contribution in [0, 0.1) is 0 Å². The first-order valence-corrected chi connectivity index (χ1v) is 11.0. The second kappa shape index (κ2) is 10.1. The van der Waals surface area contributed by atoms with E-state index in [1.807, 2.05) is 18.2 Å². The SMILES string of the molecule is CC(=O)c1ccc(CC(=O)/C(O)=C(\C(=O)/C=C\c2ccccc2)[C@@H]2OC(=O)c3ccccc32)cc1. The molecule has 0 fully saturated rings. The van der Waals surface area contributed by atoms with E-state index < -0.39 is 29.4 Å². The van der Waals surface area contributed by atoms with E-state index >= 15 is 0 Å². The highest BCUT2D eigenvalue weighted by Crippen LogP contribution is 2.37. The van der Waals surface area contributed by atoms with Gasteiger partial charge in [0.1, 0.15) is 0 Å². The zero-order chi connectivity index (χ0) is 24.9. The van der Waals surface area contributed by atoms with Crippen LogP contribution in [0.15, 0.2) is 96.3 Å². The zero-order valence-electron chi connectivity index (χ0n) is 18.9. The van der Waals surface area contributed by atoms with Gasteiger partial charge < -0.3 is 9.84 Å². The van der Waals surface area contributed by atoms with Gasteiger partial charge in [0.25, 0.3) is 0 Å². The molecule has 0 bridgehead atoms. The molecule has 1 atom stereocenters. The van der Waals surface area contributed by atoms with Crippen molar-refractivity contribution in [2.45, 2.75) is 19.4 Å². The summed E-state index contributed by atoms with van der Waals surface area (Å²) in [5.41, 5.74) is 2.18. The third kappa shape index (κ3) is 5.17. The highest BCUT2D eigenvalue weighted by atomic mass is 16.5. The number of ether oxygens (including phenoxy) is 1. The minimum Gasteiger partial charge on any atom is -0.504 e. The van der Waals surface area contributed by atoms with E-state index in [9.17, 15) is 24.3 Å². The topological polar surface area (TPSA) is 97.7 Å². The number of aliphatic hydroxyl groups excluding tert-OH is 1. The summed E-state index contributed by atoms with van der Waals surface area (Å²) in [4.78, 5) is 50.1. The van der Waals surface area contributed by atoms with Gasteiger partial charge in [-0.15, -0.1) is 0 Å². The lowest BCUT2D eigenvalue weighted by Gasteiger charge is -2.15. The Morgan fingerprint density at radius 2 is 1.57 bits per heavy atom. The predicted molar refractivity (Wildman–Crippen MR) is 130 cm³/mol. The molecule has 0 saturated carbocycles. The Labute approximate surface area is 202 Å². The van der Waals surface area contributed by atoms with Gasteiger partial charge >= 0.3 is 5.97 Å². The van der Waals surface area contributed by atoms with Crippen molar-refractivity contribution in [2.75, 3.05) is 0 Å². The van der Waals surface area contributed by atoms with Crippen LogP contribution in [0.2, 0.25) is 0 Å². The second-order valence-electron chi connectivity index (χ2n) is 8.10. The number of allylic oxidation sites excluding steroid dienone is 2. The van der Waals surface area contributed by atoms with Crippen molar-refractivity contribution >= 4 is 29.4 Å². The number of rotatable bonds is 8. The van der Waals surface area contributed by atoms with Crippen LogP contribution in [0.1, 0.15) is 50.4 Å². The number of cyclic esters (lactones) is 1. The Balaban J connectivity index is 1.70. The molecule has 0 amide bonds. The minimum absolute atomic E-state index is 0.106. The molecule has 35 heavy (non-hydrogen) atoms. The highest BCUT2D eigenvalue weighted by molar-refractivity contribution is 6.13. The zero-order valence-corrected chi connectivity index (χ0v) is 18.9. The van der Waals surface area contributed by atoms with Gasteiger partial charge in [0.2, 0.25) is 5.78 Å². The van der Waals surface area contributed by atoms with Crippen molar-refractivity contribution in [3.05, 3.63) is 124 Å². The number of hydrogen-bond acceptors (Lipinski definition) is 6. The van der Waals surface area contributed by atoms with Gasteiger partial charge in [-0.25, -0.2) is 4.79 Å². The quantitative estimate of drug-likeness (QED) is 0.217. The number of benzene rings is 3. The molecule has 0 spiro atoms. The molecule has 6 heteroatoms. The van der Waals surface area contributed by atoms with Gasteiger partial charge in [-0.2, -0.15) is 0 Å². The van der Waals surface area contributed by atoms with Crippen LogP contribution >= 0.6 is 0 Å². The molecule has 0 radical (unpaired) electrons. The van der Waals surface area contributed by atoms with Crippen molar-refractivity contribution in [1.29, 1.82) is 0 Å². The van der Waals surface area contributed by atoms with E-state index in [4.69, 9.17) is 4.74 Å². The summed E-state index contributed by atoms with van der Waals surface area (Å²) >= 11 is 0. The van der Waals surface area contributed by atoms with Crippen LogP contribution in [0.5, 0.6) is 0 Å². The largest absolute Gasteiger partial charge is 0.504 e. The molecule has 1 heterocycles. The number of fused-ring (bicyclic) bond motifs is 1. The van der Waals surface area contributed by atoms with Crippen molar-refractivity contribution in [2.24, 2.45) is 0 Å². The van der Waals surface area contributed by atoms with Gasteiger partial charge in [0.05, 0.1) is 11.1 Å². The summed E-state index contributed by atoms with van der Waals surface area (Å²) in [6.07, 6.45) is 1.38. The molecular formula is C29H22O6. The lowest BCUT2D eigenvalue weighted by molar-refractivity contribution is -0.119. The van der Waals surface area contributed by atoms with E-state index in [-0.39, 0.29) is 23.3 Å². The average molecular weight is 466 g/mol. The van der Waals surface area contributed by atoms with Crippen molar-refractivity contribution in [3.63, 3.8) is 0 Å². The van der Waals surface area contributed by atoms with Gasteiger partial charge in [-0.05, 0) is 30.2 Å². The minimum atomic E-state index is -1.21. The summed E-state index contributed by atoms with van der Waals surface area (Å²) in [6, 6.07) is 22.0. The van der Waals surface area contributed by atoms with Crippen molar-refractivity contribution in [1.82, 2.24) is 0 Å². The maximum atomic E-state index is 13.3. The Morgan fingerprint density at radius 3 is 2.26 bits per heavy atom. The first kappa shape index (κ1) is 23.6. The number of Topliss-reactive ketones (excluding diaryl/α,β-unsaturated/α-hetero) is 2. The van der Waals surface area contributed by atoms with Gasteiger partial charge in [-0.3, -0.25) is 14.4 Å². The van der Waals surface area contributed by atoms with Crippen molar-refractivity contribution in [3.8, 4) is 0 Å². The van der Waals surface area contributed by atoms with Crippen LogP contribution in [-0.4, -0.2) is 28.4 Å². The fourth-order valence-corrected chi connectivity index (χ4v) is 3.83. The predicted octanol–water partition coefficient (Wildman–Crippen LogP) is 5.01. The third-order valence-electron chi connectivity index (χ3n) is 5.69. The summed E-state index contributed by atoms with van der Waals surface area (Å²) in [6.45, 7) is 1.44. The van der Waals surface area contributed by atoms with Crippen LogP contribution in [0.25, 0.3) is 6.08 Å². The molecule has 0 saturated heterocycles. The fourth-order valence-electron chi connectivity index (χ4n) is 3.83. The van der Waals surface area contributed by atoms with Gasteiger partial charge in [0.15, 0.2) is 23.4 Å². The smallest absolute Gasteiger partial charge is 0.339 e. The van der Waals surface area contributed by atoms with Crippen LogP contribution in [-0.2, 0) is 20.7 Å². The van der Waals surface area contributed by atoms with E-state index in [0.29, 0.717) is 16.7 Å². The van der Waals surface area contributed by atoms with E-state index in [0.717, 1.165) is 5.56 Å².